The molecule has 6 nitrogen and oxygen atoms in total. The standard InChI is InChI=1S/C25H30N2O4/c1-31-21-13-6-5-11-19(21)23-20-12-7-8-14-25(20,30)15-16-27(23)22(28)17-26-24(29)18-9-3-2-4-10-18/h2-6,9-11,13,20,23,30H,7-8,12,14-17H2,1H3,(H,26,29)/t20-,23+,25+/m0/s1. The number of nitrogens with one attached hydrogen (secondary N) is 1. The first-order valence-corrected chi connectivity index (χ1v) is 11.0. The Morgan fingerprint density at radius 2 is 1.84 bits per heavy atom. The van der Waals surface area contributed by atoms with Gasteiger partial charge in [-0.3, -0.25) is 9.59 Å². The molecule has 2 N–H and O–H groups in total. The topological polar surface area (TPSA) is 78.9 Å². The van der Waals surface area contributed by atoms with Crippen molar-refractivity contribution < 1.29 is 19.4 Å². The third-order valence-corrected chi connectivity index (χ3v) is 6.78. The van der Waals surface area contributed by atoms with Crippen molar-refractivity contribution in [3.05, 3.63) is 65.7 Å². The first-order valence-electron chi connectivity index (χ1n) is 11.0. The lowest BCUT2D eigenvalue weighted by Crippen LogP contribution is -2.57. The molecule has 0 unspecified atom stereocenters. The van der Waals surface area contributed by atoms with Gasteiger partial charge in [0.25, 0.3) is 5.91 Å². The molecule has 6 heteroatoms. The van der Waals surface area contributed by atoms with Crippen molar-refractivity contribution in [1.82, 2.24) is 10.2 Å². The van der Waals surface area contributed by atoms with Gasteiger partial charge in [-0.25, -0.2) is 0 Å². The Hall–Kier alpha value is -2.86. The second kappa shape index (κ2) is 9.10. The van der Waals surface area contributed by atoms with Crippen molar-refractivity contribution in [1.29, 1.82) is 0 Å². The van der Waals surface area contributed by atoms with Crippen molar-refractivity contribution in [2.45, 2.75) is 43.7 Å². The molecule has 0 aromatic heterocycles. The van der Waals surface area contributed by atoms with Crippen LogP contribution in [-0.2, 0) is 4.79 Å². The van der Waals surface area contributed by atoms with E-state index >= 15 is 0 Å². The number of carbonyl (C=O) groups is 2. The number of carbonyl (C=O) groups excluding carboxylic acids is 2. The van der Waals surface area contributed by atoms with E-state index in [1.54, 1.807) is 31.4 Å². The number of hydrogen-bond acceptors (Lipinski definition) is 4. The summed E-state index contributed by atoms with van der Waals surface area (Å²) in [6.45, 7) is 0.375. The molecule has 0 bridgehead atoms. The van der Waals surface area contributed by atoms with Crippen LogP contribution in [0, 0.1) is 5.92 Å². The molecule has 2 fully saturated rings. The monoisotopic (exact) mass is 422 g/mol. The third-order valence-electron chi connectivity index (χ3n) is 6.78. The molecule has 2 aliphatic rings. The molecule has 4 rings (SSSR count). The number of amides is 2. The van der Waals surface area contributed by atoms with Crippen LogP contribution >= 0.6 is 0 Å². The molecule has 1 heterocycles. The molecule has 0 spiro atoms. The highest BCUT2D eigenvalue weighted by atomic mass is 16.5. The number of para-hydroxylation sites is 1. The molecule has 2 aromatic rings. The Morgan fingerprint density at radius 1 is 1.10 bits per heavy atom. The Balaban J connectivity index is 1.59. The van der Waals surface area contributed by atoms with Crippen LogP contribution in [0.4, 0.5) is 0 Å². The SMILES string of the molecule is COc1ccccc1[C@@H]1[C@@H]2CCCC[C@@]2(O)CCN1C(=O)CNC(=O)c1ccccc1. The van der Waals surface area contributed by atoms with Crippen molar-refractivity contribution >= 4 is 11.8 Å². The number of ether oxygens (including phenoxy) is 1. The summed E-state index contributed by atoms with van der Waals surface area (Å²) >= 11 is 0. The maximum Gasteiger partial charge on any atom is 0.251 e. The number of rotatable bonds is 5. The lowest BCUT2D eigenvalue weighted by molar-refractivity contribution is -0.154. The zero-order valence-electron chi connectivity index (χ0n) is 17.9. The number of aliphatic hydroxyl groups is 1. The highest BCUT2D eigenvalue weighted by Crippen LogP contribution is 2.50. The van der Waals surface area contributed by atoms with Crippen molar-refractivity contribution in [3.8, 4) is 5.75 Å². The van der Waals surface area contributed by atoms with Gasteiger partial charge in [0.1, 0.15) is 5.75 Å². The molecule has 1 aliphatic heterocycles. The lowest BCUT2D eigenvalue weighted by Gasteiger charge is -2.52. The number of hydrogen-bond donors (Lipinski definition) is 2. The number of methoxy groups -OCH3 is 1. The molecule has 0 radical (unpaired) electrons. The van der Waals surface area contributed by atoms with Gasteiger partial charge in [-0.2, -0.15) is 0 Å². The minimum Gasteiger partial charge on any atom is -0.496 e. The number of fused-ring (bicyclic) bond motifs is 1. The summed E-state index contributed by atoms with van der Waals surface area (Å²) in [5, 5.41) is 14.2. The lowest BCUT2D eigenvalue weighted by atomic mass is 9.66. The van der Waals surface area contributed by atoms with Crippen LogP contribution in [0.5, 0.6) is 5.75 Å². The Bertz CT molecular complexity index is 932. The molecule has 3 atom stereocenters. The largest absolute Gasteiger partial charge is 0.496 e. The summed E-state index contributed by atoms with van der Waals surface area (Å²) in [7, 11) is 1.63. The van der Waals surface area contributed by atoms with Crippen molar-refractivity contribution in [2.24, 2.45) is 5.92 Å². The fourth-order valence-corrected chi connectivity index (χ4v) is 5.21. The number of piperidine rings is 1. The molecule has 164 valence electrons. The number of nitrogens with zero attached hydrogens (tertiary/aromatic N) is 1. The van der Waals surface area contributed by atoms with E-state index in [9.17, 15) is 14.7 Å². The average molecular weight is 423 g/mol. The first-order chi connectivity index (χ1) is 15.0. The van der Waals surface area contributed by atoms with Crippen LogP contribution in [0.15, 0.2) is 54.6 Å². The van der Waals surface area contributed by atoms with Crippen LogP contribution in [0.1, 0.15) is 54.1 Å². The molecule has 1 saturated heterocycles. The number of benzene rings is 2. The zero-order chi connectivity index (χ0) is 21.8. The fourth-order valence-electron chi connectivity index (χ4n) is 5.21. The molecule has 31 heavy (non-hydrogen) atoms. The normalized spacial score (nSPS) is 25.4. The van der Waals surface area contributed by atoms with Gasteiger partial charge in [-0.05, 0) is 37.5 Å². The van der Waals surface area contributed by atoms with Crippen LogP contribution in [0.25, 0.3) is 0 Å². The summed E-state index contributed by atoms with van der Waals surface area (Å²) in [6, 6.07) is 16.3. The van der Waals surface area contributed by atoms with Gasteiger partial charge in [0.2, 0.25) is 5.91 Å². The second-order valence-corrected chi connectivity index (χ2v) is 8.53. The third kappa shape index (κ3) is 4.30. The van der Waals surface area contributed by atoms with Gasteiger partial charge in [0.05, 0.1) is 25.3 Å². The average Bonchev–Trinajstić information content (AvgIpc) is 2.81. The predicted molar refractivity (Wildman–Crippen MR) is 118 cm³/mol. The van der Waals surface area contributed by atoms with Gasteiger partial charge in [-0.1, -0.05) is 49.2 Å². The van der Waals surface area contributed by atoms with Gasteiger partial charge < -0.3 is 20.1 Å². The maximum absolute atomic E-state index is 13.3. The van der Waals surface area contributed by atoms with Gasteiger partial charge in [0.15, 0.2) is 0 Å². The maximum atomic E-state index is 13.3. The Labute approximate surface area is 183 Å². The minimum absolute atomic E-state index is 0.0555. The molecular formula is C25H30N2O4. The van der Waals surface area contributed by atoms with Crippen molar-refractivity contribution in [3.63, 3.8) is 0 Å². The van der Waals surface area contributed by atoms with Gasteiger partial charge in [0, 0.05) is 23.6 Å². The molecule has 1 aliphatic carbocycles. The van der Waals surface area contributed by atoms with E-state index in [2.05, 4.69) is 5.32 Å². The highest BCUT2D eigenvalue weighted by Gasteiger charge is 2.50. The van der Waals surface area contributed by atoms with E-state index in [1.165, 1.54) is 0 Å². The van der Waals surface area contributed by atoms with Gasteiger partial charge >= 0.3 is 0 Å². The summed E-state index contributed by atoms with van der Waals surface area (Å²) in [5.41, 5.74) is 0.669. The Morgan fingerprint density at radius 3 is 2.61 bits per heavy atom. The molecular weight excluding hydrogens is 392 g/mol. The van der Waals surface area contributed by atoms with Crippen LogP contribution in [0.3, 0.4) is 0 Å². The second-order valence-electron chi connectivity index (χ2n) is 8.53. The molecule has 2 amide bonds. The Kier molecular flexibility index (Phi) is 6.28. The van der Waals surface area contributed by atoms with E-state index in [-0.39, 0.29) is 30.3 Å². The summed E-state index contributed by atoms with van der Waals surface area (Å²) < 4.78 is 5.61. The summed E-state index contributed by atoms with van der Waals surface area (Å²) in [5.74, 6) is 0.246. The van der Waals surface area contributed by atoms with E-state index in [1.807, 2.05) is 35.2 Å². The summed E-state index contributed by atoms with van der Waals surface area (Å²) in [6.07, 6.45) is 4.22. The van der Waals surface area contributed by atoms with E-state index in [0.717, 1.165) is 31.2 Å². The van der Waals surface area contributed by atoms with Gasteiger partial charge in [-0.15, -0.1) is 0 Å². The molecule has 1 saturated carbocycles. The van der Waals surface area contributed by atoms with Crippen LogP contribution < -0.4 is 10.1 Å². The minimum atomic E-state index is -0.770. The zero-order valence-corrected chi connectivity index (χ0v) is 17.9. The smallest absolute Gasteiger partial charge is 0.251 e. The highest BCUT2D eigenvalue weighted by molar-refractivity contribution is 5.96. The van der Waals surface area contributed by atoms with E-state index in [0.29, 0.717) is 24.3 Å². The van der Waals surface area contributed by atoms with Crippen LogP contribution in [-0.4, -0.2) is 47.6 Å². The van der Waals surface area contributed by atoms with E-state index in [4.69, 9.17) is 4.74 Å². The summed E-state index contributed by atoms with van der Waals surface area (Å²) in [4.78, 5) is 27.5. The predicted octanol–water partition coefficient (Wildman–Crippen LogP) is 3.32. The molecule has 2 aromatic carbocycles. The first kappa shape index (κ1) is 21.4. The quantitative estimate of drug-likeness (QED) is 0.775. The van der Waals surface area contributed by atoms with E-state index < -0.39 is 5.60 Å². The van der Waals surface area contributed by atoms with Crippen molar-refractivity contribution in [2.75, 3.05) is 20.2 Å². The number of likely N-dealkylation sites (tertiary alicyclic amines) is 1. The fraction of sp³-hybridized carbons (Fsp3) is 0.440. The van der Waals surface area contributed by atoms with Crippen LogP contribution in [0.2, 0.25) is 0 Å².